The number of hydrogen-bond donors (Lipinski definition) is 1. The van der Waals surface area contributed by atoms with Crippen LogP contribution in [0.1, 0.15) is 33.0 Å². The van der Waals surface area contributed by atoms with Gasteiger partial charge in [-0.05, 0) is 24.5 Å². The molecule has 0 spiro atoms. The molecule has 3 aromatic rings. The number of ether oxygens (including phenoxy) is 1. The first kappa shape index (κ1) is 18.6. The lowest BCUT2D eigenvalue weighted by molar-refractivity contribution is 0.0514. The minimum atomic E-state index is -0.414. The quantitative estimate of drug-likeness (QED) is 0.491. The Labute approximate surface area is 160 Å². The summed E-state index contributed by atoms with van der Waals surface area (Å²) in [6, 6.07) is 9.83. The number of alkyl halides is 1. The SMILES string of the molecule is Cc1c(C(=O)OCCc2ccccc2)sc2nc(CCCCl)[nH]c(=O)c12. The Morgan fingerprint density at radius 3 is 2.77 bits per heavy atom. The van der Waals surface area contributed by atoms with Gasteiger partial charge >= 0.3 is 5.97 Å². The Balaban J connectivity index is 1.76. The summed E-state index contributed by atoms with van der Waals surface area (Å²) < 4.78 is 5.39. The molecule has 0 atom stereocenters. The highest BCUT2D eigenvalue weighted by molar-refractivity contribution is 7.20. The highest BCUT2D eigenvalue weighted by atomic mass is 35.5. The summed E-state index contributed by atoms with van der Waals surface area (Å²) in [4.78, 5) is 33.0. The second-order valence-corrected chi connectivity index (χ2v) is 7.29. The van der Waals surface area contributed by atoms with Crippen LogP contribution in [0.4, 0.5) is 0 Å². The maximum absolute atomic E-state index is 12.4. The molecule has 1 N–H and O–H groups in total. The molecule has 2 aromatic heterocycles. The Bertz CT molecular complexity index is 966. The number of aromatic amines is 1. The summed E-state index contributed by atoms with van der Waals surface area (Å²) in [5.41, 5.74) is 1.50. The average Bonchev–Trinajstić information content (AvgIpc) is 2.98. The van der Waals surface area contributed by atoms with Crippen molar-refractivity contribution in [1.29, 1.82) is 0 Å². The number of halogens is 1. The Morgan fingerprint density at radius 2 is 2.04 bits per heavy atom. The molecule has 5 nitrogen and oxygen atoms in total. The summed E-state index contributed by atoms with van der Waals surface area (Å²) >= 11 is 6.90. The van der Waals surface area contributed by atoms with E-state index in [1.165, 1.54) is 11.3 Å². The number of carbonyl (C=O) groups excluding carboxylic acids is 1. The van der Waals surface area contributed by atoms with Crippen molar-refractivity contribution in [3.63, 3.8) is 0 Å². The summed E-state index contributed by atoms with van der Waals surface area (Å²) in [7, 11) is 0. The Kier molecular flexibility index (Phi) is 6.06. The van der Waals surface area contributed by atoms with E-state index in [9.17, 15) is 9.59 Å². The van der Waals surface area contributed by atoms with Gasteiger partial charge in [-0.3, -0.25) is 4.79 Å². The summed E-state index contributed by atoms with van der Waals surface area (Å²) in [6.07, 6.45) is 1.98. The molecule has 26 heavy (non-hydrogen) atoms. The molecule has 0 aliphatic heterocycles. The lowest BCUT2D eigenvalue weighted by Crippen LogP contribution is -2.12. The lowest BCUT2D eigenvalue weighted by Gasteiger charge is -2.04. The summed E-state index contributed by atoms with van der Waals surface area (Å²) in [5, 5.41) is 0.458. The molecule has 0 aliphatic rings. The van der Waals surface area contributed by atoms with Gasteiger partial charge in [-0.25, -0.2) is 9.78 Å². The van der Waals surface area contributed by atoms with E-state index in [-0.39, 0.29) is 5.56 Å². The molecular weight excluding hydrogens is 372 g/mol. The first-order valence-electron chi connectivity index (χ1n) is 8.39. The van der Waals surface area contributed by atoms with Crippen LogP contribution in [0.25, 0.3) is 10.2 Å². The van der Waals surface area contributed by atoms with E-state index in [2.05, 4.69) is 9.97 Å². The van der Waals surface area contributed by atoms with Gasteiger partial charge in [0.25, 0.3) is 5.56 Å². The fourth-order valence-corrected chi connectivity index (χ4v) is 3.94. The van der Waals surface area contributed by atoms with Crippen LogP contribution in [0.3, 0.4) is 0 Å². The van der Waals surface area contributed by atoms with Crippen LogP contribution in [0.5, 0.6) is 0 Å². The number of thiophene rings is 1. The smallest absolute Gasteiger partial charge is 0.348 e. The van der Waals surface area contributed by atoms with E-state index in [0.717, 1.165) is 12.0 Å². The fraction of sp³-hybridized carbons (Fsp3) is 0.316. The number of hydrogen-bond acceptors (Lipinski definition) is 5. The number of esters is 1. The molecule has 3 rings (SSSR count). The standard InChI is InChI=1S/C19H19ClN2O3S/c1-12-15-17(23)21-14(8-5-10-20)22-18(15)26-16(12)19(24)25-11-9-13-6-3-2-4-7-13/h2-4,6-7H,5,8-11H2,1H3,(H,21,22,23). The Hall–Kier alpha value is -2.18. The molecule has 0 bridgehead atoms. The molecule has 1 aromatic carbocycles. The molecule has 0 radical (unpaired) electrons. The van der Waals surface area contributed by atoms with Crippen LogP contribution >= 0.6 is 22.9 Å². The molecule has 0 saturated heterocycles. The molecule has 2 heterocycles. The second-order valence-electron chi connectivity index (χ2n) is 5.91. The second kappa shape index (κ2) is 8.47. The zero-order valence-electron chi connectivity index (χ0n) is 14.4. The van der Waals surface area contributed by atoms with Crippen molar-refractivity contribution in [2.75, 3.05) is 12.5 Å². The topological polar surface area (TPSA) is 72.0 Å². The Morgan fingerprint density at radius 1 is 1.27 bits per heavy atom. The van der Waals surface area contributed by atoms with E-state index < -0.39 is 5.97 Å². The number of carbonyl (C=O) groups is 1. The van der Waals surface area contributed by atoms with Gasteiger partial charge in [0, 0.05) is 18.7 Å². The van der Waals surface area contributed by atoms with Crippen LogP contribution in [-0.2, 0) is 17.6 Å². The number of aromatic nitrogens is 2. The number of nitrogens with zero attached hydrogens (tertiary/aromatic N) is 1. The van der Waals surface area contributed by atoms with Gasteiger partial charge in [0.05, 0.1) is 12.0 Å². The zero-order chi connectivity index (χ0) is 18.5. The van der Waals surface area contributed by atoms with Crippen molar-refractivity contribution in [2.45, 2.75) is 26.2 Å². The van der Waals surface area contributed by atoms with Crippen molar-refractivity contribution >= 4 is 39.1 Å². The number of benzene rings is 1. The number of fused-ring (bicyclic) bond motifs is 1. The van der Waals surface area contributed by atoms with E-state index in [1.54, 1.807) is 6.92 Å². The van der Waals surface area contributed by atoms with Crippen molar-refractivity contribution < 1.29 is 9.53 Å². The van der Waals surface area contributed by atoms with Gasteiger partial charge < -0.3 is 9.72 Å². The van der Waals surface area contributed by atoms with Gasteiger partial charge in [-0.15, -0.1) is 22.9 Å². The predicted molar refractivity (Wildman–Crippen MR) is 104 cm³/mol. The van der Waals surface area contributed by atoms with Crippen LogP contribution < -0.4 is 5.56 Å². The highest BCUT2D eigenvalue weighted by Gasteiger charge is 2.20. The van der Waals surface area contributed by atoms with E-state index in [1.807, 2.05) is 30.3 Å². The van der Waals surface area contributed by atoms with Gasteiger partial charge in [-0.2, -0.15) is 0 Å². The van der Waals surface area contributed by atoms with Gasteiger partial charge in [-0.1, -0.05) is 30.3 Å². The van der Waals surface area contributed by atoms with Crippen LogP contribution in [0, 0.1) is 6.92 Å². The highest BCUT2D eigenvalue weighted by Crippen LogP contribution is 2.27. The van der Waals surface area contributed by atoms with E-state index in [0.29, 0.717) is 51.8 Å². The van der Waals surface area contributed by atoms with Gasteiger partial charge in [0.15, 0.2) is 0 Å². The summed E-state index contributed by atoms with van der Waals surface area (Å²) in [5.74, 6) is 0.682. The molecule has 0 fully saturated rings. The molecule has 0 amide bonds. The van der Waals surface area contributed by atoms with E-state index >= 15 is 0 Å². The number of aryl methyl sites for hydroxylation is 2. The van der Waals surface area contributed by atoms with Crippen molar-refractivity contribution in [3.05, 3.63) is 62.5 Å². The average molecular weight is 391 g/mol. The van der Waals surface area contributed by atoms with Crippen LogP contribution in [0.2, 0.25) is 0 Å². The van der Waals surface area contributed by atoms with Crippen LogP contribution in [-0.4, -0.2) is 28.4 Å². The lowest BCUT2D eigenvalue weighted by atomic mass is 10.2. The molecule has 0 aliphatic carbocycles. The molecular formula is C19H19ClN2O3S. The summed E-state index contributed by atoms with van der Waals surface area (Å²) in [6.45, 7) is 2.04. The maximum Gasteiger partial charge on any atom is 0.348 e. The van der Waals surface area contributed by atoms with Gasteiger partial charge in [0.2, 0.25) is 0 Å². The number of nitrogens with one attached hydrogen (secondary N) is 1. The third kappa shape index (κ3) is 4.14. The largest absolute Gasteiger partial charge is 0.461 e. The van der Waals surface area contributed by atoms with Crippen molar-refractivity contribution in [3.8, 4) is 0 Å². The fourth-order valence-electron chi connectivity index (χ4n) is 2.71. The minimum absolute atomic E-state index is 0.225. The maximum atomic E-state index is 12.4. The molecule has 0 saturated carbocycles. The third-order valence-corrected chi connectivity index (χ3v) is 5.48. The van der Waals surface area contributed by atoms with Crippen molar-refractivity contribution in [2.24, 2.45) is 0 Å². The molecule has 136 valence electrons. The molecule has 7 heteroatoms. The minimum Gasteiger partial charge on any atom is -0.461 e. The number of rotatable bonds is 7. The zero-order valence-corrected chi connectivity index (χ0v) is 16.0. The van der Waals surface area contributed by atoms with Gasteiger partial charge in [0.1, 0.15) is 15.5 Å². The normalized spacial score (nSPS) is 11.0. The third-order valence-electron chi connectivity index (χ3n) is 4.05. The van der Waals surface area contributed by atoms with E-state index in [4.69, 9.17) is 16.3 Å². The number of H-pyrrole nitrogens is 1. The molecule has 0 unspecified atom stereocenters. The first-order valence-corrected chi connectivity index (χ1v) is 9.74. The monoisotopic (exact) mass is 390 g/mol. The van der Waals surface area contributed by atoms with Crippen molar-refractivity contribution in [1.82, 2.24) is 9.97 Å². The first-order chi connectivity index (χ1) is 12.6. The van der Waals surface area contributed by atoms with Crippen LogP contribution in [0.15, 0.2) is 35.1 Å². The predicted octanol–water partition coefficient (Wildman–Crippen LogP) is 3.86.